The van der Waals surface area contributed by atoms with E-state index in [0.29, 0.717) is 35.7 Å². The minimum absolute atomic E-state index is 0.0716. The predicted molar refractivity (Wildman–Crippen MR) is 106 cm³/mol. The van der Waals surface area contributed by atoms with Gasteiger partial charge in [-0.05, 0) is 61.3 Å². The van der Waals surface area contributed by atoms with E-state index in [1.165, 1.54) is 0 Å². The summed E-state index contributed by atoms with van der Waals surface area (Å²) in [5.74, 6) is 0.410. The molecule has 2 atom stereocenters. The van der Waals surface area contributed by atoms with Crippen LogP contribution in [0.1, 0.15) is 52.9 Å². The molecule has 5 nitrogen and oxygen atoms in total. The Morgan fingerprint density at radius 1 is 1.23 bits per heavy atom. The van der Waals surface area contributed by atoms with Crippen molar-refractivity contribution in [1.82, 2.24) is 10.6 Å². The first-order chi connectivity index (χ1) is 12.2. The first-order valence-electron chi connectivity index (χ1n) is 9.35. The van der Waals surface area contributed by atoms with Gasteiger partial charge >= 0.3 is 6.03 Å². The highest BCUT2D eigenvalue weighted by atomic mass is 35.5. The van der Waals surface area contributed by atoms with Gasteiger partial charge in [0, 0.05) is 29.7 Å². The summed E-state index contributed by atoms with van der Waals surface area (Å²) in [4.78, 5) is 23.9. The molecule has 0 spiro atoms. The number of amides is 3. The Morgan fingerprint density at radius 3 is 2.58 bits per heavy atom. The van der Waals surface area contributed by atoms with E-state index in [1.54, 1.807) is 24.3 Å². The van der Waals surface area contributed by atoms with Gasteiger partial charge in [-0.3, -0.25) is 4.79 Å². The molecule has 0 aromatic heterocycles. The van der Waals surface area contributed by atoms with E-state index in [4.69, 9.17) is 11.6 Å². The van der Waals surface area contributed by atoms with Crippen LogP contribution in [-0.4, -0.2) is 24.5 Å². The summed E-state index contributed by atoms with van der Waals surface area (Å²) < 4.78 is 0. The average molecular weight is 380 g/mol. The van der Waals surface area contributed by atoms with Crippen LogP contribution in [0.3, 0.4) is 0 Å². The van der Waals surface area contributed by atoms with Crippen LogP contribution in [0.2, 0.25) is 5.02 Å². The Labute approximate surface area is 161 Å². The van der Waals surface area contributed by atoms with Crippen LogP contribution in [-0.2, 0) is 4.79 Å². The Morgan fingerprint density at radius 2 is 1.92 bits per heavy atom. The number of benzene rings is 1. The first-order valence-corrected chi connectivity index (χ1v) is 9.73. The Hall–Kier alpha value is -1.75. The van der Waals surface area contributed by atoms with Crippen LogP contribution in [0.25, 0.3) is 0 Å². The zero-order chi connectivity index (χ0) is 19.2. The van der Waals surface area contributed by atoms with Gasteiger partial charge in [-0.15, -0.1) is 0 Å². The van der Waals surface area contributed by atoms with Crippen molar-refractivity contribution in [3.63, 3.8) is 0 Å². The van der Waals surface area contributed by atoms with E-state index >= 15 is 0 Å². The molecule has 1 aliphatic carbocycles. The summed E-state index contributed by atoms with van der Waals surface area (Å²) >= 11 is 5.81. The molecule has 1 saturated carbocycles. The summed E-state index contributed by atoms with van der Waals surface area (Å²) in [5, 5.41) is 9.37. The molecule has 1 aromatic carbocycles. The maximum atomic E-state index is 12.1. The fourth-order valence-corrected chi connectivity index (χ4v) is 3.71. The molecule has 0 saturated heterocycles. The van der Waals surface area contributed by atoms with Crippen LogP contribution in [0.15, 0.2) is 24.3 Å². The van der Waals surface area contributed by atoms with E-state index in [2.05, 4.69) is 36.7 Å². The monoisotopic (exact) mass is 379 g/mol. The van der Waals surface area contributed by atoms with Crippen LogP contribution >= 0.6 is 11.6 Å². The summed E-state index contributed by atoms with van der Waals surface area (Å²) in [5.41, 5.74) is 1.09. The molecule has 1 fully saturated rings. The third kappa shape index (κ3) is 6.87. The number of urea groups is 1. The molecular formula is C20H30ClN3O2. The molecule has 0 radical (unpaired) electrons. The molecule has 0 heterocycles. The highest BCUT2D eigenvalue weighted by molar-refractivity contribution is 6.30. The molecule has 2 unspecified atom stereocenters. The third-order valence-corrected chi connectivity index (χ3v) is 5.26. The standard InChI is InChI=1S/C20H30ClN3O2/c1-14-13-20(2,3)11-10-17(14)24-19(26)22-12-4-5-18(25)23-16-8-6-15(21)7-9-16/h6-9,14,17H,4-5,10-13H2,1-3H3,(H,23,25)(H2,22,24,26). The highest BCUT2D eigenvalue weighted by Crippen LogP contribution is 2.38. The molecule has 0 aliphatic heterocycles. The van der Waals surface area contributed by atoms with E-state index in [-0.39, 0.29) is 18.0 Å². The Bertz CT molecular complexity index is 616. The fraction of sp³-hybridized carbons (Fsp3) is 0.600. The molecule has 26 heavy (non-hydrogen) atoms. The van der Waals surface area contributed by atoms with Crippen molar-refractivity contribution in [2.45, 2.75) is 58.9 Å². The van der Waals surface area contributed by atoms with Crippen LogP contribution < -0.4 is 16.0 Å². The smallest absolute Gasteiger partial charge is 0.315 e. The molecule has 2 rings (SSSR count). The molecule has 6 heteroatoms. The van der Waals surface area contributed by atoms with Gasteiger partial charge < -0.3 is 16.0 Å². The van der Waals surface area contributed by atoms with Gasteiger partial charge in [0.05, 0.1) is 0 Å². The van der Waals surface area contributed by atoms with Crippen molar-refractivity contribution in [2.24, 2.45) is 11.3 Å². The van der Waals surface area contributed by atoms with Crippen molar-refractivity contribution in [1.29, 1.82) is 0 Å². The van der Waals surface area contributed by atoms with Crippen LogP contribution in [0.4, 0.5) is 10.5 Å². The van der Waals surface area contributed by atoms with Gasteiger partial charge in [-0.2, -0.15) is 0 Å². The van der Waals surface area contributed by atoms with Crippen molar-refractivity contribution in [3.8, 4) is 0 Å². The lowest BCUT2D eigenvalue weighted by Gasteiger charge is -2.39. The number of anilines is 1. The number of carbonyl (C=O) groups excluding carboxylic acids is 2. The molecular weight excluding hydrogens is 350 g/mol. The van der Waals surface area contributed by atoms with Gasteiger partial charge in [-0.1, -0.05) is 32.4 Å². The highest BCUT2D eigenvalue weighted by Gasteiger charge is 2.32. The predicted octanol–water partition coefficient (Wildman–Crippen LogP) is 4.57. The fourth-order valence-electron chi connectivity index (χ4n) is 3.59. The molecule has 3 amide bonds. The zero-order valence-corrected chi connectivity index (χ0v) is 16.7. The van der Waals surface area contributed by atoms with Crippen LogP contribution in [0.5, 0.6) is 0 Å². The molecule has 1 aromatic rings. The largest absolute Gasteiger partial charge is 0.338 e. The average Bonchev–Trinajstić information content (AvgIpc) is 2.56. The zero-order valence-electron chi connectivity index (χ0n) is 15.9. The van der Waals surface area contributed by atoms with E-state index in [0.717, 1.165) is 24.9 Å². The number of rotatable bonds is 6. The summed E-state index contributed by atoms with van der Waals surface area (Å²) in [7, 11) is 0. The van der Waals surface area contributed by atoms with Gasteiger partial charge in [-0.25, -0.2) is 4.79 Å². The molecule has 144 valence electrons. The molecule has 1 aliphatic rings. The quantitative estimate of drug-likeness (QED) is 0.633. The van der Waals surface area contributed by atoms with Crippen molar-refractivity contribution in [3.05, 3.63) is 29.3 Å². The van der Waals surface area contributed by atoms with Crippen LogP contribution in [0, 0.1) is 11.3 Å². The topological polar surface area (TPSA) is 70.2 Å². The second kappa shape index (κ2) is 9.26. The summed E-state index contributed by atoms with van der Waals surface area (Å²) in [6.07, 6.45) is 4.23. The van der Waals surface area contributed by atoms with Gasteiger partial charge in [0.15, 0.2) is 0 Å². The Balaban J connectivity index is 1.61. The lowest BCUT2D eigenvalue weighted by atomic mass is 9.70. The normalized spacial score (nSPS) is 21.7. The second-order valence-corrected chi connectivity index (χ2v) is 8.49. The third-order valence-electron chi connectivity index (χ3n) is 5.00. The van der Waals surface area contributed by atoms with Gasteiger partial charge in [0.25, 0.3) is 0 Å². The number of hydrogen-bond acceptors (Lipinski definition) is 2. The van der Waals surface area contributed by atoms with Crippen molar-refractivity contribution >= 4 is 29.2 Å². The molecule has 3 N–H and O–H groups in total. The van der Waals surface area contributed by atoms with E-state index in [1.807, 2.05) is 0 Å². The molecule has 0 bridgehead atoms. The summed E-state index contributed by atoms with van der Waals surface area (Å²) in [6, 6.07) is 7.08. The minimum Gasteiger partial charge on any atom is -0.338 e. The van der Waals surface area contributed by atoms with Crippen molar-refractivity contribution in [2.75, 3.05) is 11.9 Å². The second-order valence-electron chi connectivity index (χ2n) is 8.05. The number of nitrogens with one attached hydrogen (secondary N) is 3. The Kier molecular flexibility index (Phi) is 7.33. The number of halogens is 1. The first kappa shape index (κ1) is 20.6. The number of carbonyl (C=O) groups is 2. The van der Waals surface area contributed by atoms with Gasteiger partial charge in [0.2, 0.25) is 5.91 Å². The minimum atomic E-state index is -0.139. The van der Waals surface area contributed by atoms with E-state index < -0.39 is 0 Å². The van der Waals surface area contributed by atoms with Gasteiger partial charge in [0.1, 0.15) is 0 Å². The van der Waals surface area contributed by atoms with Crippen molar-refractivity contribution < 1.29 is 9.59 Å². The maximum Gasteiger partial charge on any atom is 0.315 e. The van der Waals surface area contributed by atoms with E-state index in [9.17, 15) is 9.59 Å². The lowest BCUT2D eigenvalue weighted by Crippen LogP contribution is -2.48. The number of hydrogen-bond donors (Lipinski definition) is 3. The lowest BCUT2D eigenvalue weighted by molar-refractivity contribution is -0.116. The summed E-state index contributed by atoms with van der Waals surface area (Å²) in [6.45, 7) is 7.25. The maximum absolute atomic E-state index is 12.1. The SMILES string of the molecule is CC1CC(C)(C)CCC1NC(=O)NCCCC(=O)Nc1ccc(Cl)cc1.